The molecule has 124 valence electrons. The van der Waals surface area contributed by atoms with E-state index >= 15 is 0 Å². The van der Waals surface area contributed by atoms with E-state index in [2.05, 4.69) is 15.5 Å². The molecule has 2 rings (SSSR count). The van der Waals surface area contributed by atoms with Crippen LogP contribution in [0.4, 0.5) is 5.82 Å². The van der Waals surface area contributed by atoms with E-state index in [9.17, 15) is 9.59 Å². The smallest absolute Gasteiger partial charge is 0.343 e. The Morgan fingerprint density at radius 3 is 2.70 bits per heavy atom. The first-order valence-corrected chi connectivity index (χ1v) is 7.48. The molecule has 2 heterocycles. The number of esters is 1. The molecule has 0 unspecified atom stereocenters. The molecule has 1 N–H and O–H groups in total. The second-order valence-corrected chi connectivity index (χ2v) is 5.26. The van der Waals surface area contributed by atoms with E-state index in [4.69, 9.17) is 16.3 Å². The van der Waals surface area contributed by atoms with Crippen molar-refractivity contribution in [2.45, 2.75) is 26.8 Å². The number of anilines is 1. The van der Waals surface area contributed by atoms with Crippen molar-refractivity contribution in [3.63, 3.8) is 0 Å². The molecule has 0 aliphatic carbocycles. The predicted molar refractivity (Wildman–Crippen MR) is 84.4 cm³/mol. The lowest BCUT2D eigenvalue weighted by atomic mass is 10.3. The summed E-state index contributed by atoms with van der Waals surface area (Å²) < 4.78 is 8.01. The molecule has 8 nitrogen and oxygen atoms in total. The minimum absolute atomic E-state index is 0.187. The average Bonchev–Trinajstić information content (AvgIpc) is 3.02. The lowest BCUT2D eigenvalue weighted by Crippen LogP contribution is -2.19. The van der Waals surface area contributed by atoms with Gasteiger partial charge in [-0.25, -0.2) is 4.79 Å². The van der Waals surface area contributed by atoms with Crippen molar-refractivity contribution in [2.75, 3.05) is 11.9 Å². The van der Waals surface area contributed by atoms with Crippen molar-refractivity contribution in [1.82, 2.24) is 19.6 Å². The molecule has 0 fully saturated rings. The predicted octanol–water partition coefficient (Wildman–Crippen LogP) is 1.78. The zero-order valence-electron chi connectivity index (χ0n) is 13.2. The molecule has 2 aromatic rings. The first-order chi connectivity index (χ1) is 10.9. The summed E-state index contributed by atoms with van der Waals surface area (Å²) >= 11 is 5.92. The van der Waals surface area contributed by atoms with Gasteiger partial charge in [0.2, 0.25) is 5.91 Å². The summed E-state index contributed by atoms with van der Waals surface area (Å²) in [6.45, 7) is 4.18. The lowest BCUT2D eigenvalue weighted by Gasteiger charge is -2.09. The molecule has 0 saturated carbocycles. The molecular formula is C14H18ClN5O3. The van der Waals surface area contributed by atoms with Gasteiger partial charge in [0.05, 0.1) is 36.3 Å². The van der Waals surface area contributed by atoms with Crippen LogP contribution in [0.25, 0.3) is 0 Å². The van der Waals surface area contributed by atoms with Crippen LogP contribution in [0.5, 0.6) is 0 Å². The van der Waals surface area contributed by atoms with Gasteiger partial charge in [-0.15, -0.1) is 0 Å². The first-order valence-electron chi connectivity index (χ1n) is 7.11. The Balaban J connectivity index is 2.01. The maximum atomic E-state index is 12.1. The highest BCUT2D eigenvalue weighted by atomic mass is 35.5. The molecule has 2 aromatic heterocycles. The highest BCUT2D eigenvalue weighted by molar-refractivity contribution is 6.31. The quantitative estimate of drug-likeness (QED) is 0.810. The summed E-state index contributed by atoms with van der Waals surface area (Å²) in [4.78, 5) is 23.9. The zero-order valence-corrected chi connectivity index (χ0v) is 13.9. The fourth-order valence-electron chi connectivity index (χ4n) is 2.00. The van der Waals surface area contributed by atoms with Crippen LogP contribution in [0, 0.1) is 6.92 Å². The number of nitrogens with zero attached hydrogens (tertiary/aromatic N) is 4. The number of carbonyl (C=O) groups is 2. The number of ether oxygens (including phenoxy) is 1. The van der Waals surface area contributed by atoms with Crippen molar-refractivity contribution < 1.29 is 14.3 Å². The number of hydrogen-bond acceptors (Lipinski definition) is 5. The van der Waals surface area contributed by atoms with Crippen LogP contribution in [-0.2, 0) is 23.1 Å². The van der Waals surface area contributed by atoms with Crippen molar-refractivity contribution >= 4 is 29.3 Å². The third-order valence-electron chi connectivity index (χ3n) is 3.29. The van der Waals surface area contributed by atoms with Gasteiger partial charge >= 0.3 is 5.97 Å². The molecule has 0 aliphatic rings. The number of nitrogens with one attached hydrogen (secondary N) is 1. The van der Waals surface area contributed by atoms with E-state index in [0.717, 1.165) is 5.69 Å². The van der Waals surface area contributed by atoms with Crippen LogP contribution in [0.3, 0.4) is 0 Å². The van der Waals surface area contributed by atoms with Crippen LogP contribution in [0.1, 0.15) is 29.4 Å². The monoisotopic (exact) mass is 339 g/mol. The summed E-state index contributed by atoms with van der Waals surface area (Å²) in [7, 11) is 1.63. The number of carbonyl (C=O) groups excluding carboxylic acids is 2. The van der Waals surface area contributed by atoms with Crippen molar-refractivity contribution in [3.05, 3.63) is 28.7 Å². The zero-order chi connectivity index (χ0) is 17.0. The van der Waals surface area contributed by atoms with Gasteiger partial charge in [-0.3, -0.25) is 14.2 Å². The largest absolute Gasteiger partial charge is 0.462 e. The molecular weight excluding hydrogens is 322 g/mol. The number of aryl methyl sites for hydroxylation is 2. The van der Waals surface area contributed by atoms with Crippen molar-refractivity contribution in [3.8, 4) is 0 Å². The topological polar surface area (TPSA) is 91.0 Å². The van der Waals surface area contributed by atoms with E-state index in [0.29, 0.717) is 17.4 Å². The van der Waals surface area contributed by atoms with Gasteiger partial charge < -0.3 is 10.1 Å². The fraction of sp³-hybridized carbons (Fsp3) is 0.429. The first kappa shape index (κ1) is 17.0. The van der Waals surface area contributed by atoms with Crippen LogP contribution < -0.4 is 5.32 Å². The Labute approximate surface area is 138 Å². The third kappa shape index (κ3) is 3.89. The highest BCUT2D eigenvalue weighted by Crippen LogP contribution is 2.16. The Morgan fingerprint density at radius 2 is 2.09 bits per heavy atom. The second-order valence-electron chi connectivity index (χ2n) is 4.85. The van der Waals surface area contributed by atoms with Gasteiger partial charge in [0, 0.05) is 13.5 Å². The number of rotatable bonds is 6. The molecule has 0 atom stereocenters. The normalized spacial score (nSPS) is 10.6. The van der Waals surface area contributed by atoms with Gasteiger partial charge in [0.15, 0.2) is 0 Å². The van der Waals surface area contributed by atoms with Crippen LogP contribution in [0.2, 0.25) is 5.02 Å². The van der Waals surface area contributed by atoms with Crippen LogP contribution in [-0.4, -0.2) is 38.0 Å². The summed E-state index contributed by atoms with van der Waals surface area (Å²) in [6, 6.07) is 0. The average molecular weight is 340 g/mol. The molecule has 0 spiro atoms. The standard InChI is InChI=1S/C14H18ClN5O3/c1-4-23-14(22)10-7-16-19(3)13(10)18-12(21)5-6-20-9(2)11(15)8-17-20/h7-8H,4-6H2,1-3H3,(H,18,21). The van der Waals surface area contributed by atoms with Gasteiger partial charge in [0.25, 0.3) is 0 Å². The second kappa shape index (κ2) is 7.28. The fourth-order valence-corrected chi connectivity index (χ4v) is 2.14. The number of halogens is 1. The molecule has 0 aliphatic heterocycles. The summed E-state index contributed by atoms with van der Waals surface area (Å²) in [6.07, 6.45) is 3.09. The molecule has 0 aromatic carbocycles. The minimum Gasteiger partial charge on any atom is -0.462 e. The van der Waals surface area contributed by atoms with E-state index in [1.165, 1.54) is 17.1 Å². The molecule has 0 bridgehead atoms. The van der Waals surface area contributed by atoms with E-state index in [-0.39, 0.29) is 24.5 Å². The Hall–Kier alpha value is -2.35. The maximum absolute atomic E-state index is 12.1. The van der Waals surface area contributed by atoms with E-state index < -0.39 is 5.97 Å². The molecule has 23 heavy (non-hydrogen) atoms. The van der Waals surface area contributed by atoms with Crippen LogP contribution in [0.15, 0.2) is 12.4 Å². The van der Waals surface area contributed by atoms with Gasteiger partial charge in [-0.2, -0.15) is 10.2 Å². The molecule has 9 heteroatoms. The maximum Gasteiger partial charge on any atom is 0.343 e. The third-order valence-corrected chi connectivity index (χ3v) is 3.66. The Kier molecular flexibility index (Phi) is 5.38. The summed E-state index contributed by atoms with van der Waals surface area (Å²) in [5, 5.41) is 11.3. The number of aromatic nitrogens is 4. The van der Waals surface area contributed by atoms with Crippen molar-refractivity contribution in [2.24, 2.45) is 7.05 Å². The highest BCUT2D eigenvalue weighted by Gasteiger charge is 2.19. The van der Waals surface area contributed by atoms with E-state index in [1.54, 1.807) is 18.7 Å². The Morgan fingerprint density at radius 1 is 1.35 bits per heavy atom. The molecule has 0 radical (unpaired) electrons. The molecule has 0 saturated heterocycles. The minimum atomic E-state index is -0.523. The van der Waals surface area contributed by atoms with Crippen LogP contribution >= 0.6 is 11.6 Å². The lowest BCUT2D eigenvalue weighted by molar-refractivity contribution is -0.116. The van der Waals surface area contributed by atoms with Gasteiger partial charge in [0.1, 0.15) is 11.4 Å². The Bertz CT molecular complexity index is 722. The van der Waals surface area contributed by atoms with Gasteiger partial charge in [-0.05, 0) is 13.8 Å². The summed E-state index contributed by atoms with van der Waals surface area (Å²) in [5.74, 6) is -0.473. The van der Waals surface area contributed by atoms with Gasteiger partial charge in [-0.1, -0.05) is 11.6 Å². The van der Waals surface area contributed by atoms with Crippen molar-refractivity contribution in [1.29, 1.82) is 0 Å². The molecule has 1 amide bonds. The van der Waals surface area contributed by atoms with E-state index in [1.807, 2.05) is 6.92 Å². The SMILES string of the molecule is CCOC(=O)c1cnn(C)c1NC(=O)CCn1ncc(Cl)c1C. The number of hydrogen-bond donors (Lipinski definition) is 1. The summed E-state index contributed by atoms with van der Waals surface area (Å²) in [5.41, 5.74) is 1.02. The number of amides is 1.